The van der Waals surface area contributed by atoms with Gasteiger partial charge in [-0.15, -0.1) is 0 Å². The lowest BCUT2D eigenvalue weighted by Gasteiger charge is -2.33. The number of fused-ring (bicyclic) bond motifs is 1. The molecule has 1 aromatic heterocycles. The largest absolute Gasteiger partial charge is 0.354 e. The number of rotatable bonds is 4. The molecule has 23 heavy (non-hydrogen) atoms. The molecule has 1 aliphatic heterocycles. The standard InChI is InChI=1S/C19H26N4/c1-3-5-6-15(4-2)16-7-8-17-18(13-16)21-14-22-19(17)23-11-9-20-10-12-23/h3-6,14,16,20H,1,7-13H2,2H3/b6-5-,15-4+. The van der Waals surface area contributed by atoms with E-state index in [1.165, 1.54) is 29.1 Å². The molecular weight excluding hydrogens is 284 g/mol. The van der Waals surface area contributed by atoms with E-state index in [1.807, 2.05) is 12.2 Å². The molecule has 2 aliphatic rings. The van der Waals surface area contributed by atoms with Crippen LogP contribution in [0.2, 0.25) is 0 Å². The van der Waals surface area contributed by atoms with E-state index in [-0.39, 0.29) is 0 Å². The van der Waals surface area contributed by atoms with Crippen molar-refractivity contribution in [2.75, 3.05) is 31.1 Å². The van der Waals surface area contributed by atoms with Crippen molar-refractivity contribution in [3.8, 4) is 0 Å². The number of hydrogen-bond donors (Lipinski definition) is 1. The van der Waals surface area contributed by atoms with E-state index in [4.69, 9.17) is 0 Å². The molecule has 1 fully saturated rings. The third-order valence-electron chi connectivity index (χ3n) is 4.84. The van der Waals surface area contributed by atoms with Gasteiger partial charge in [0, 0.05) is 37.4 Å². The summed E-state index contributed by atoms with van der Waals surface area (Å²) >= 11 is 0. The first-order valence-electron chi connectivity index (χ1n) is 8.57. The van der Waals surface area contributed by atoms with Crippen LogP contribution in [0.4, 0.5) is 5.82 Å². The average molecular weight is 310 g/mol. The third kappa shape index (κ3) is 3.53. The molecule has 3 rings (SSSR count). The van der Waals surface area contributed by atoms with Crippen molar-refractivity contribution < 1.29 is 0 Å². The summed E-state index contributed by atoms with van der Waals surface area (Å²) in [6, 6.07) is 0. The number of anilines is 1. The van der Waals surface area contributed by atoms with Gasteiger partial charge in [-0.25, -0.2) is 9.97 Å². The molecule has 2 heterocycles. The Labute approximate surface area is 139 Å². The Morgan fingerprint density at radius 3 is 2.91 bits per heavy atom. The summed E-state index contributed by atoms with van der Waals surface area (Å²) < 4.78 is 0. The Kier molecular flexibility index (Phi) is 5.23. The van der Waals surface area contributed by atoms with Gasteiger partial charge in [0.15, 0.2) is 0 Å². The van der Waals surface area contributed by atoms with Gasteiger partial charge in [-0.2, -0.15) is 0 Å². The van der Waals surface area contributed by atoms with Gasteiger partial charge >= 0.3 is 0 Å². The summed E-state index contributed by atoms with van der Waals surface area (Å²) in [6.07, 6.45) is 13.3. The van der Waals surface area contributed by atoms with Crippen molar-refractivity contribution in [1.82, 2.24) is 15.3 Å². The van der Waals surface area contributed by atoms with E-state index in [1.54, 1.807) is 6.33 Å². The molecule has 0 spiro atoms. The number of allylic oxidation sites excluding steroid dienone is 5. The van der Waals surface area contributed by atoms with Crippen molar-refractivity contribution in [2.45, 2.75) is 26.2 Å². The molecule has 0 aromatic carbocycles. The molecule has 4 nitrogen and oxygen atoms in total. The number of hydrogen-bond acceptors (Lipinski definition) is 4. The van der Waals surface area contributed by atoms with Gasteiger partial charge in [-0.1, -0.05) is 30.9 Å². The molecule has 0 saturated carbocycles. The van der Waals surface area contributed by atoms with Gasteiger partial charge in [0.05, 0.1) is 0 Å². The molecule has 1 atom stereocenters. The quantitative estimate of drug-likeness (QED) is 0.868. The zero-order valence-corrected chi connectivity index (χ0v) is 14.0. The van der Waals surface area contributed by atoms with Crippen LogP contribution in [-0.2, 0) is 12.8 Å². The maximum Gasteiger partial charge on any atom is 0.135 e. The van der Waals surface area contributed by atoms with Crippen molar-refractivity contribution in [3.05, 3.63) is 54.0 Å². The minimum absolute atomic E-state index is 0.550. The van der Waals surface area contributed by atoms with E-state index in [0.29, 0.717) is 5.92 Å². The van der Waals surface area contributed by atoms with Crippen molar-refractivity contribution in [1.29, 1.82) is 0 Å². The summed E-state index contributed by atoms with van der Waals surface area (Å²) in [5.41, 5.74) is 3.99. The van der Waals surface area contributed by atoms with Crippen molar-refractivity contribution in [3.63, 3.8) is 0 Å². The first kappa shape index (κ1) is 15.9. The minimum atomic E-state index is 0.550. The number of nitrogens with zero attached hydrogens (tertiary/aromatic N) is 3. The van der Waals surface area contributed by atoms with Crippen LogP contribution in [0.15, 0.2) is 42.8 Å². The van der Waals surface area contributed by atoms with Gasteiger partial charge in [0.25, 0.3) is 0 Å². The molecule has 0 amide bonds. The Morgan fingerprint density at radius 2 is 2.17 bits per heavy atom. The van der Waals surface area contributed by atoms with Crippen molar-refractivity contribution in [2.24, 2.45) is 5.92 Å². The monoisotopic (exact) mass is 310 g/mol. The molecule has 1 saturated heterocycles. The molecule has 122 valence electrons. The molecule has 1 aromatic rings. The van der Waals surface area contributed by atoms with E-state index < -0.39 is 0 Å². The smallest absolute Gasteiger partial charge is 0.135 e. The summed E-state index contributed by atoms with van der Waals surface area (Å²) in [5.74, 6) is 1.72. The molecule has 1 N–H and O–H groups in total. The van der Waals surface area contributed by atoms with Gasteiger partial charge in [0.2, 0.25) is 0 Å². The number of piperazine rings is 1. The fourth-order valence-electron chi connectivity index (χ4n) is 3.60. The summed E-state index contributed by atoms with van der Waals surface area (Å²) in [4.78, 5) is 11.6. The number of nitrogens with one attached hydrogen (secondary N) is 1. The molecule has 4 heteroatoms. The highest BCUT2D eigenvalue weighted by molar-refractivity contribution is 5.50. The second-order valence-electron chi connectivity index (χ2n) is 6.18. The fraction of sp³-hybridized carbons (Fsp3) is 0.474. The highest BCUT2D eigenvalue weighted by Gasteiger charge is 2.26. The molecule has 0 bridgehead atoms. The van der Waals surface area contributed by atoms with Crippen LogP contribution in [0.5, 0.6) is 0 Å². The maximum absolute atomic E-state index is 4.60. The van der Waals surface area contributed by atoms with E-state index >= 15 is 0 Å². The Balaban J connectivity index is 1.82. The fourth-order valence-corrected chi connectivity index (χ4v) is 3.60. The zero-order valence-electron chi connectivity index (χ0n) is 14.0. The predicted molar refractivity (Wildman–Crippen MR) is 95.7 cm³/mol. The first-order valence-corrected chi connectivity index (χ1v) is 8.57. The van der Waals surface area contributed by atoms with E-state index in [2.05, 4.69) is 45.8 Å². The SMILES string of the molecule is C=C/C=C\C(=C/C)C1CCc2c(ncnc2N2CCNCC2)C1. The maximum atomic E-state index is 4.60. The molecule has 1 unspecified atom stereocenters. The van der Waals surface area contributed by atoms with Crippen molar-refractivity contribution >= 4 is 5.82 Å². The normalized spacial score (nSPS) is 22.2. The Bertz CT molecular complexity index is 612. The average Bonchev–Trinajstić information content (AvgIpc) is 2.62. The number of aromatic nitrogens is 2. The summed E-state index contributed by atoms with van der Waals surface area (Å²) in [5, 5.41) is 3.41. The predicted octanol–water partition coefficient (Wildman–Crippen LogP) is 2.68. The summed E-state index contributed by atoms with van der Waals surface area (Å²) in [7, 11) is 0. The third-order valence-corrected chi connectivity index (χ3v) is 4.84. The first-order chi connectivity index (χ1) is 11.3. The lowest BCUT2D eigenvalue weighted by atomic mass is 9.82. The second kappa shape index (κ2) is 7.55. The highest BCUT2D eigenvalue weighted by atomic mass is 15.2. The van der Waals surface area contributed by atoms with Crippen LogP contribution < -0.4 is 10.2 Å². The topological polar surface area (TPSA) is 41.1 Å². The van der Waals surface area contributed by atoms with Gasteiger partial charge < -0.3 is 10.2 Å². The lowest BCUT2D eigenvalue weighted by Crippen LogP contribution is -2.44. The van der Waals surface area contributed by atoms with Gasteiger partial charge in [-0.3, -0.25) is 0 Å². The summed E-state index contributed by atoms with van der Waals surface area (Å²) in [6.45, 7) is 10.0. The van der Waals surface area contributed by atoms with Crippen LogP contribution in [0.1, 0.15) is 24.6 Å². The van der Waals surface area contributed by atoms with Crippen LogP contribution in [0.3, 0.4) is 0 Å². The molecular formula is C19H26N4. The van der Waals surface area contributed by atoms with E-state index in [9.17, 15) is 0 Å². The van der Waals surface area contributed by atoms with Crippen LogP contribution in [0.25, 0.3) is 0 Å². The van der Waals surface area contributed by atoms with Gasteiger partial charge in [-0.05, 0) is 37.7 Å². The van der Waals surface area contributed by atoms with Crippen LogP contribution in [-0.4, -0.2) is 36.1 Å². The Morgan fingerprint density at radius 1 is 1.35 bits per heavy atom. The molecule has 0 radical (unpaired) electrons. The minimum Gasteiger partial charge on any atom is -0.354 e. The van der Waals surface area contributed by atoms with Crippen LogP contribution in [0, 0.1) is 5.92 Å². The lowest BCUT2D eigenvalue weighted by molar-refractivity contribution is 0.516. The Hall–Kier alpha value is -1.94. The van der Waals surface area contributed by atoms with Gasteiger partial charge in [0.1, 0.15) is 12.1 Å². The zero-order chi connectivity index (χ0) is 16.1. The second-order valence-corrected chi connectivity index (χ2v) is 6.18. The van der Waals surface area contributed by atoms with Crippen LogP contribution >= 0.6 is 0 Å². The molecule has 1 aliphatic carbocycles. The highest BCUT2D eigenvalue weighted by Crippen LogP contribution is 2.33. The van der Waals surface area contributed by atoms with E-state index in [0.717, 1.165) is 39.0 Å².